The van der Waals surface area contributed by atoms with E-state index in [0.29, 0.717) is 17.0 Å². The smallest absolute Gasteiger partial charge is 0.151 e. The van der Waals surface area contributed by atoms with Crippen molar-refractivity contribution in [2.75, 3.05) is 17.3 Å². The Kier molecular flexibility index (Phi) is 4.77. The van der Waals surface area contributed by atoms with Crippen LogP contribution in [0.5, 0.6) is 0 Å². The molecule has 0 spiro atoms. The van der Waals surface area contributed by atoms with Crippen molar-refractivity contribution in [2.45, 2.75) is 11.7 Å². The molecule has 1 atom stereocenters. The molecule has 0 saturated carbocycles. The lowest BCUT2D eigenvalue weighted by Crippen LogP contribution is -2.25. The first-order chi connectivity index (χ1) is 8.16. The van der Waals surface area contributed by atoms with E-state index in [1.165, 1.54) is 12.1 Å². The van der Waals surface area contributed by atoms with Gasteiger partial charge in [-0.05, 0) is 17.7 Å². The summed E-state index contributed by atoms with van der Waals surface area (Å²) in [5.41, 5.74) is 0.717. The third kappa shape index (κ3) is 3.63. The summed E-state index contributed by atoms with van der Waals surface area (Å²) in [6, 6.07) is 4.19. The first kappa shape index (κ1) is 13.2. The first-order valence-electron chi connectivity index (χ1n) is 5.33. The second-order valence-corrected chi connectivity index (χ2v) is 6.68. The number of benzene rings is 1. The molecule has 17 heavy (non-hydrogen) atoms. The summed E-state index contributed by atoms with van der Waals surface area (Å²) < 4.78 is 12.9. The van der Waals surface area contributed by atoms with Gasteiger partial charge in [0.05, 0.1) is 5.25 Å². The van der Waals surface area contributed by atoms with E-state index in [2.05, 4.69) is 0 Å². The van der Waals surface area contributed by atoms with Gasteiger partial charge < -0.3 is 0 Å². The quantitative estimate of drug-likeness (QED) is 0.849. The summed E-state index contributed by atoms with van der Waals surface area (Å²) in [4.78, 5) is 12.0. The lowest BCUT2D eigenvalue weighted by molar-refractivity contribution is -0.117. The van der Waals surface area contributed by atoms with Crippen molar-refractivity contribution in [3.8, 4) is 0 Å². The van der Waals surface area contributed by atoms with Gasteiger partial charge in [0.25, 0.3) is 0 Å². The third-order valence-corrected chi connectivity index (χ3v) is 5.71. The second kappa shape index (κ2) is 6.12. The van der Waals surface area contributed by atoms with Crippen molar-refractivity contribution >= 4 is 40.9 Å². The third-order valence-electron chi connectivity index (χ3n) is 2.55. The molecule has 1 unspecified atom stereocenters. The van der Waals surface area contributed by atoms with Crippen molar-refractivity contribution in [1.82, 2.24) is 0 Å². The molecule has 1 aromatic carbocycles. The molecule has 0 amide bonds. The van der Waals surface area contributed by atoms with E-state index in [-0.39, 0.29) is 16.9 Å². The van der Waals surface area contributed by atoms with Gasteiger partial charge in [0.2, 0.25) is 0 Å². The van der Waals surface area contributed by atoms with E-state index < -0.39 is 0 Å². The molecule has 1 fully saturated rings. The zero-order valence-electron chi connectivity index (χ0n) is 9.12. The van der Waals surface area contributed by atoms with Gasteiger partial charge in [0.1, 0.15) is 5.82 Å². The lowest BCUT2D eigenvalue weighted by atomic mass is 10.1. The summed E-state index contributed by atoms with van der Waals surface area (Å²) in [5, 5.41) is 0.404. The Labute approximate surface area is 113 Å². The van der Waals surface area contributed by atoms with Crippen molar-refractivity contribution in [1.29, 1.82) is 0 Å². The maximum absolute atomic E-state index is 12.9. The predicted octanol–water partition coefficient (Wildman–Crippen LogP) is 3.44. The zero-order valence-corrected chi connectivity index (χ0v) is 11.5. The highest BCUT2D eigenvalue weighted by molar-refractivity contribution is 8.07. The number of halogens is 2. The van der Waals surface area contributed by atoms with Crippen LogP contribution in [-0.2, 0) is 11.2 Å². The van der Waals surface area contributed by atoms with Gasteiger partial charge in [0.15, 0.2) is 5.78 Å². The monoisotopic (exact) mass is 290 g/mol. The van der Waals surface area contributed by atoms with Crippen molar-refractivity contribution in [3.05, 3.63) is 34.6 Å². The van der Waals surface area contributed by atoms with Crippen LogP contribution in [0.3, 0.4) is 0 Å². The van der Waals surface area contributed by atoms with E-state index in [4.69, 9.17) is 11.6 Å². The average molecular weight is 291 g/mol. The van der Waals surface area contributed by atoms with Gasteiger partial charge in [-0.15, -0.1) is 11.8 Å². The van der Waals surface area contributed by atoms with Crippen molar-refractivity contribution in [3.63, 3.8) is 0 Å². The molecule has 1 aromatic rings. The first-order valence-corrected chi connectivity index (χ1v) is 7.91. The van der Waals surface area contributed by atoms with E-state index in [0.717, 1.165) is 17.3 Å². The van der Waals surface area contributed by atoms with Gasteiger partial charge >= 0.3 is 0 Å². The minimum absolute atomic E-state index is 0.0647. The van der Waals surface area contributed by atoms with Crippen LogP contribution in [0, 0.1) is 5.82 Å². The number of thioether (sulfide) groups is 2. The fraction of sp³-hybridized carbons (Fsp3) is 0.417. The van der Waals surface area contributed by atoms with E-state index in [1.807, 2.05) is 11.8 Å². The molecular weight excluding hydrogens is 279 g/mol. The summed E-state index contributed by atoms with van der Waals surface area (Å²) in [6.45, 7) is 0. The second-order valence-electron chi connectivity index (χ2n) is 3.81. The molecule has 0 radical (unpaired) electrons. The van der Waals surface area contributed by atoms with E-state index >= 15 is 0 Å². The zero-order chi connectivity index (χ0) is 12.3. The number of Topliss-reactive ketones (excluding diaryl/α,β-unsaturated/α-hetero) is 1. The highest BCUT2D eigenvalue weighted by Crippen LogP contribution is 2.27. The Morgan fingerprint density at radius 1 is 1.47 bits per heavy atom. The van der Waals surface area contributed by atoms with Crippen LogP contribution in [0.2, 0.25) is 5.02 Å². The van der Waals surface area contributed by atoms with Gasteiger partial charge in [-0.1, -0.05) is 17.7 Å². The lowest BCUT2D eigenvalue weighted by Gasteiger charge is -2.19. The van der Waals surface area contributed by atoms with Crippen molar-refractivity contribution < 1.29 is 9.18 Å². The fourth-order valence-corrected chi connectivity index (χ4v) is 4.52. The number of rotatable bonds is 3. The molecule has 1 heterocycles. The number of hydrogen-bond donors (Lipinski definition) is 0. The Bertz CT molecular complexity index is 419. The standard InChI is InChI=1S/C12H12ClFOS2/c13-10-6-9(14)2-1-8(10)5-11(15)12-7-16-3-4-17-12/h1-2,6,12H,3-5,7H2. The summed E-state index contributed by atoms with van der Waals surface area (Å²) in [5.74, 6) is 2.84. The SMILES string of the molecule is O=C(Cc1ccc(F)cc1Cl)C1CSCCS1. The highest BCUT2D eigenvalue weighted by Gasteiger charge is 2.22. The minimum atomic E-state index is -0.367. The fourth-order valence-electron chi connectivity index (χ4n) is 1.64. The maximum Gasteiger partial charge on any atom is 0.151 e. The molecule has 92 valence electrons. The molecule has 0 aromatic heterocycles. The molecule has 2 rings (SSSR count). The van der Waals surface area contributed by atoms with Crippen LogP contribution in [0.15, 0.2) is 18.2 Å². The molecule has 1 saturated heterocycles. The summed E-state index contributed by atoms with van der Waals surface area (Å²) in [7, 11) is 0. The van der Waals surface area contributed by atoms with Crippen LogP contribution in [0.25, 0.3) is 0 Å². The summed E-state index contributed by atoms with van der Waals surface area (Å²) >= 11 is 9.43. The average Bonchev–Trinajstić information content (AvgIpc) is 2.34. The number of carbonyl (C=O) groups is 1. The topological polar surface area (TPSA) is 17.1 Å². The number of hydrogen-bond acceptors (Lipinski definition) is 3. The van der Waals surface area contributed by atoms with Crippen LogP contribution in [0.1, 0.15) is 5.56 Å². The molecule has 5 heteroatoms. The largest absolute Gasteiger partial charge is 0.298 e. The number of ketones is 1. The van der Waals surface area contributed by atoms with Gasteiger partial charge in [-0.25, -0.2) is 4.39 Å². The van der Waals surface area contributed by atoms with E-state index in [9.17, 15) is 9.18 Å². The van der Waals surface area contributed by atoms with Crippen LogP contribution >= 0.6 is 35.1 Å². The molecular formula is C12H12ClFOS2. The van der Waals surface area contributed by atoms with Crippen LogP contribution in [-0.4, -0.2) is 28.3 Å². The Morgan fingerprint density at radius 2 is 2.29 bits per heavy atom. The molecule has 1 aliphatic heterocycles. The number of carbonyl (C=O) groups excluding carboxylic acids is 1. The van der Waals surface area contributed by atoms with Gasteiger partial charge in [-0.3, -0.25) is 4.79 Å². The molecule has 1 nitrogen and oxygen atoms in total. The Morgan fingerprint density at radius 3 is 2.94 bits per heavy atom. The molecule has 0 N–H and O–H groups in total. The van der Waals surface area contributed by atoms with E-state index in [1.54, 1.807) is 17.8 Å². The maximum atomic E-state index is 12.9. The highest BCUT2D eigenvalue weighted by atomic mass is 35.5. The van der Waals surface area contributed by atoms with Crippen molar-refractivity contribution in [2.24, 2.45) is 0 Å². The Balaban J connectivity index is 2.02. The summed E-state index contributed by atoms with van der Waals surface area (Å²) in [6.07, 6.45) is 0.303. The normalized spacial score (nSPS) is 20.2. The van der Waals surface area contributed by atoms with Gasteiger partial charge in [0, 0.05) is 28.7 Å². The Hall–Kier alpha value is -0.190. The molecule has 1 aliphatic rings. The molecule has 0 bridgehead atoms. The van der Waals surface area contributed by atoms with Gasteiger partial charge in [-0.2, -0.15) is 11.8 Å². The molecule has 0 aliphatic carbocycles. The predicted molar refractivity (Wildman–Crippen MR) is 73.7 cm³/mol. The van der Waals surface area contributed by atoms with Crippen LogP contribution in [0.4, 0.5) is 4.39 Å². The minimum Gasteiger partial charge on any atom is -0.298 e. The van der Waals surface area contributed by atoms with Crippen LogP contribution < -0.4 is 0 Å².